The van der Waals surface area contributed by atoms with Gasteiger partial charge >= 0.3 is 0 Å². The number of ether oxygens (including phenoxy) is 1. The number of hydrogen-bond acceptors (Lipinski definition) is 3. The Morgan fingerprint density at radius 3 is 2.92 bits per heavy atom. The molecule has 0 aliphatic carbocycles. The summed E-state index contributed by atoms with van der Waals surface area (Å²) in [6.07, 6.45) is 3.53. The summed E-state index contributed by atoms with van der Waals surface area (Å²) in [6, 6.07) is 0.625. The number of aliphatic hydroxyl groups excluding tert-OH is 1. The van der Waals surface area contributed by atoms with Gasteiger partial charge in [0.25, 0.3) is 0 Å². The molecule has 3 nitrogen and oxygen atoms in total. The zero-order valence-electron chi connectivity index (χ0n) is 8.70. The first-order valence-electron chi connectivity index (χ1n) is 5.15. The monoisotopic (exact) mass is 187 g/mol. The number of methoxy groups -OCH3 is 1. The van der Waals surface area contributed by atoms with Crippen molar-refractivity contribution in [2.45, 2.75) is 38.3 Å². The second-order valence-corrected chi connectivity index (χ2v) is 3.95. The SMILES string of the molecule is COCC(O)CN1CCCCC1C. The van der Waals surface area contributed by atoms with Gasteiger partial charge in [-0.15, -0.1) is 0 Å². The van der Waals surface area contributed by atoms with Gasteiger partial charge in [-0.2, -0.15) is 0 Å². The quantitative estimate of drug-likeness (QED) is 0.709. The van der Waals surface area contributed by atoms with Crippen molar-refractivity contribution in [3.63, 3.8) is 0 Å². The number of piperidine rings is 1. The molecule has 1 N–H and O–H groups in total. The molecule has 2 unspecified atom stereocenters. The first kappa shape index (κ1) is 11.0. The van der Waals surface area contributed by atoms with Crippen LogP contribution in [0.3, 0.4) is 0 Å². The van der Waals surface area contributed by atoms with E-state index >= 15 is 0 Å². The third kappa shape index (κ3) is 3.63. The van der Waals surface area contributed by atoms with E-state index in [1.165, 1.54) is 19.3 Å². The molecule has 2 atom stereocenters. The molecule has 0 aromatic rings. The van der Waals surface area contributed by atoms with Gasteiger partial charge < -0.3 is 9.84 Å². The maximum Gasteiger partial charge on any atom is 0.0900 e. The lowest BCUT2D eigenvalue weighted by molar-refractivity contribution is 0.0210. The fourth-order valence-electron chi connectivity index (χ4n) is 1.94. The van der Waals surface area contributed by atoms with Crippen molar-refractivity contribution in [1.82, 2.24) is 4.90 Å². The van der Waals surface area contributed by atoms with Crippen molar-refractivity contribution < 1.29 is 9.84 Å². The van der Waals surface area contributed by atoms with Gasteiger partial charge in [-0.3, -0.25) is 4.90 Å². The Labute approximate surface area is 80.7 Å². The van der Waals surface area contributed by atoms with Crippen LogP contribution in [0, 0.1) is 0 Å². The number of β-amino-alcohol motifs (C(OH)–C–C–N with tert-alkyl or cyclic N) is 1. The average Bonchev–Trinajstić information content (AvgIpc) is 2.09. The molecule has 1 heterocycles. The van der Waals surface area contributed by atoms with Crippen LogP contribution >= 0.6 is 0 Å². The topological polar surface area (TPSA) is 32.7 Å². The van der Waals surface area contributed by atoms with Gasteiger partial charge in [0.05, 0.1) is 12.7 Å². The largest absolute Gasteiger partial charge is 0.389 e. The summed E-state index contributed by atoms with van der Waals surface area (Å²) in [5.74, 6) is 0. The van der Waals surface area contributed by atoms with Crippen LogP contribution in [0.1, 0.15) is 26.2 Å². The molecule has 1 rings (SSSR count). The molecule has 13 heavy (non-hydrogen) atoms. The molecule has 3 heteroatoms. The lowest BCUT2D eigenvalue weighted by atomic mass is 10.0. The van der Waals surface area contributed by atoms with E-state index in [-0.39, 0.29) is 6.10 Å². The van der Waals surface area contributed by atoms with Gasteiger partial charge in [-0.05, 0) is 26.3 Å². The lowest BCUT2D eigenvalue weighted by Crippen LogP contribution is -2.43. The Kier molecular flexibility index (Phi) is 4.70. The zero-order valence-corrected chi connectivity index (χ0v) is 8.70. The maximum absolute atomic E-state index is 9.55. The minimum Gasteiger partial charge on any atom is -0.389 e. The van der Waals surface area contributed by atoms with Crippen molar-refractivity contribution in [2.24, 2.45) is 0 Å². The van der Waals surface area contributed by atoms with E-state index < -0.39 is 0 Å². The predicted molar refractivity (Wildman–Crippen MR) is 52.8 cm³/mol. The molecule has 0 saturated carbocycles. The molecular formula is C10H21NO2. The van der Waals surface area contributed by atoms with E-state index in [1.54, 1.807) is 7.11 Å². The maximum atomic E-state index is 9.55. The second kappa shape index (κ2) is 5.58. The van der Waals surface area contributed by atoms with Crippen LogP contribution in [0.4, 0.5) is 0 Å². The van der Waals surface area contributed by atoms with Gasteiger partial charge in [0, 0.05) is 19.7 Å². The molecule has 1 aliphatic rings. The Hall–Kier alpha value is -0.120. The standard InChI is InChI=1S/C10H21NO2/c1-9-5-3-4-6-11(9)7-10(12)8-13-2/h9-10,12H,3-8H2,1-2H3. The molecule has 0 amide bonds. The predicted octanol–water partition coefficient (Wildman–Crippen LogP) is 0.868. The van der Waals surface area contributed by atoms with Crippen LogP contribution < -0.4 is 0 Å². The lowest BCUT2D eigenvalue weighted by Gasteiger charge is -2.34. The Morgan fingerprint density at radius 1 is 1.54 bits per heavy atom. The van der Waals surface area contributed by atoms with E-state index in [0.29, 0.717) is 12.6 Å². The number of rotatable bonds is 4. The number of nitrogens with zero attached hydrogens (tertiary/aromatic N) is 1. The highest BCUT2D eigenvalue weighted by atomic mass is 16.5. The van der Waals surface area contributed by atoms with Gasteiger partial charge in [0.15, 0.2) is 0 Å². The third-order valence-corrected chi connectivity index (χ3v) is 2.74. The smallest absolute Gasteiger partial charge is 0.0900 e. The van der Waals surface area contributed by atoms with Gasteiger partial charge in [0.2, 0.25) is 0 Å². The molecule has 0 bridgehead atoms. The van der Waals surface area contributed by atoms with Gasteiger partial charge in [-0.25, -0.2) is 0 Å². The Morgan fingerprint density at radius 2 is 2.31 bits per heavy atom. The minimum absolute atomic E-state index is 0.328. The van der Waals surface area contributed by atoms with Crippen LogP contribution in [0.15, 0.2) is 0 Å². The summed E-state index contributed by atoms with van der Waals surface area (Å²) in [5, 5.41) is 9.55. The van der Waals surface area contributed by atoms with Crippen LogP contribution in [0.25, 0.3) is 0 Å². The first-order chi connectivity index (χ1) is 6.24. The van der Waals surface area contributed by atoms with Crippen molar-refractivity contribution in [1.29, 1.82) is 0 Å². The van der Waals surface area contributed by atoms with Crippen LogP contribution in [0.5, 0.6) is 0 Å². The molecule has 0 aromatic heterocycles. The van der Waals surface area contributed by atoms with E-state index in [0.717, 1.165) is 13.1 Å². The van der Waals surface area contributed by atoms with Crippen molar-refractivity contribution >= 4 is 0 Å². The normalized spacial score (nSPS) is 27.5. The van der Waals surface area contributed by atoms with Crippen LogP contribution in [-0.4, -0.2) is 49.0 Å². The second-order valence-electron chi connectivity index (χ2n) is 3.95. The van der Waals surface area contributed by atoms with E-state index in [4.69, 9.17) is 4.74 Å². The summed E-state index contributed by atoms with van der Waals surface area (Å²) >= 11 is 0. The number of hydrogen-bond donors (Lipinski definition) is 1. The first-order valence-corrected chi connectivity index (χ1v) is 5.15. The summed E-state index contributed by atoms with van der Waals surface area (Å²) in [7, 11) is 1.63. The molecular weight excluding hydrogens is 166 g/mol. The average molecular weight is 187 g/mol. The summed E-state index contributed by atoms with van der Waals surface area (Å²) in [6.45, 7) is 4.57. The fourth-order valence-corrected chi connectivity index (χ4v) is 1.94. The molecule has 1 aliphatic heterocycles. The fraction of sp³-hybridized carbons (Fsp3) is 1.00. The van der Waals surface area contributed by atoms with Crippen molar-refractivity contribution in [3.05, 3.63) is 0 Å². The van der Waals surface area contributed by atoms with Crippen LogP contribution in [-0.2, 0) is 4.74 Å². The molecule has 0 spiro atoms. The highest BCUT2D eigenvalue weighted by Crippen LogP contribution is 2.16. The molecule has 0 radical (unpaired) electrons. The summed E-state index contributed by atoms with van der Waals surface area (Å²) in [4.78, 5) is 2.35. The Balaban J connectivity index is 2.25. The van der Waals surface area contributed by atoms with Gasteiger partial charge in [0.1, 0.15) is 0 Å². The Bertz CT molecular complexity index is 141. The molecule has 1 fully saturated rings. The summed E-state index contributed by atoms with van der Waals surface area (Å²) in [5.41, 5.74) is 0. The number of aliphatic hydroxyl groups is 1. The van der Waals surface area contributed by atoms with Gasteiger partial charge in [-0.1, -0.05) is 6.42 Å². The van der Waals surface area contributed by atoms with E-state index in [2.05, 4.69) is 11.8 Å². The summed E-state index contributed by atoms with van der Waals surface area (Å²) < 4.78 is 4.90. The third-order valence-electron chi connectivity index (χ3n) is 2.74. The van der Waals surface area contributed by atoms with Crippen LogP contribution in [0.2, 0.25) is 0 Å². The zero-order chi connectivity index (χ0) is 9.68. The highest BCUT2D eigenvalue weighted by molar-refractivity contribution is 4.75. The molecule has 78 valence electrons. The molecule has 1 saturated heterocycles. The van der Waals surface area contributed by atoms with Crippen molar-refractivity contribution in [2.75, 3.05) is 26.8 Å². The highest BCUT2D eigenvalue weighted by Gasteiger charge is 2.20. The van der Waals surface area contributed by atoms with E-state index in [9.17, 15) is 5.11 Å². The minimum atomic E-state index is -0.328. The number of likely N-dealkylation sites (tertiary alicyclic amines) is 1. The van der Waals surface area contributed by atoms with Crippen molar-refractivity contribution in [3.8, 4) is 0 Å². The van der Waals surface area contributed by atoms with E-state index in [1.807, 2.05) is 0 Å². The molecule has 0 aromatic carbocycles.